The van der Waals surface area contributed by atoms with Crippen molar-refractivity contribution in [2.24, 2.45) is 0 Å². The molecule has 0 fully saturated rings. The maximum absolute atomic E-state index is 14.1. The van der Waals surface area contributed by atoms with Crippen molar-refractivity contribution in [1.82, 2.24) is 5.32 Å². The Bertz CT molecular complexity index is 1540. The highest BCUT2D eigenvalue weighted by atomic mass is 16.6. The second kappa shape index (κ2) is 13.6. The molecule has 2 unspecified atom stereocenters. The maximum atomic E-state index is 14.1. The number of hydrogen-bond donors (Lipinski definition) is 1. The molecular weight excluding hydrogens is 546 g/mol. The minimum absolute atomic E-state index is 0.0360. The molecule has 0 spiro atoms. The Kier molecular flexibility index (Phi) is 9.47. The van der Waals surface area contributed by atoms with Gasteiger partial charge in [0, 0.05) is 36.1 Å². The van der Waals surface area contributed by atoms with Crippen LogP contribution in [0.4, 0.5) is 0 Å². The fraction of sp³-hybridized carbons (Fsp3) is 0.314. The van der Waals surface area contributed by atoms with Gasteiger partial charge in [0.2, 0.25) is 0 Å². The van der Waals surface area contributed by atoms with Gasteiger partial charge in [0.15, 0.2) is 17.3 Å². The molecule has 0 aromatic heterocycles. The zero-order valence-electron chi connectivity index (χ0n) is 25.0. The molecule has 1 aliphatic heterocycles. The predicted molar refractivity (Wildman–Crippen MR) is 162 cm³/mol. The molecule has 1 N–H and O–H groups in total. The normalized spacial score (nSPS) is 18.1. The zero-order chi connectivity index (χ0) is 30.3. The van der Waals surface area contributed by atoms with E-state index in [-0.39, 0.29) is 31.3 Å². The van der Waals surface area contributed by atoms with Crippen LogP contribution in [0, 0.1) is 0 Å². The molecular formula is C35H37NO7. The van der Waals surface area contributed by atoms with Crippen LogP contribution < -0.4 is 19.5 Å². The smallest absolute Gasteiger partial charge is 0.336 e. The molecule has 0 radical (unpaired) electrons. The summed E-state index contributed by atoms with van der Waals surface area (Å²) in [6.45, 7) is 2.57. The van der Waals surface area contributed by atoms with Gasteiger partial charge in [0.1, 0.15) is 19.0 Å². The monoisotopic (exact) mass is 583 g/mol. The highest BCUT2D eigenvalue weighted by molar-refractivity contribution is 6.04. The highest BCUT2D eigenvalue weighted by Gasteiger charge is 2.42. The fourth-order valence-electron chi connectivity index (χ4n) is 5.84. The van der Waals surface area contributed by atoms with Crippen LogP contribution in [0.5, 0.6) is 17.2 Å². The maximum Gasteiger partial charge on any atom is 0.336 e. The summed E-state index contributed by atoms with van der Waals surface area (Å²) in [5.74, 6) is 0.589. The van der Waals surface area contributed by atoms with Gasteiger partial charge in [0.25, 0.3) is 0 Å². The summed E-state index contributed by atoms with van der Waals surface area (Å²) < 4.78 is 27.9. The molecule has 3 aromatic rings. The summed E-state index contributed by atoms with van der Waals surface area (Å²) >= 11 is 0. The number of allylic oxidation sites excluding steroid dienone is 3. The van der Waals surface area contributed by atoms with Gasteiger partial charge < -0.3 is 29.0 Å². The summed E-state index contributed by atoms with van der Waals surface area (Å²) in [6, 6.07) is 23.2. The molecule has 0 saturated carbocycles. The van der Waals surface area contributed by atoms with Crippen molar-refractivity contribution in [2.75, 3.05) is 34.5 Å². The summed E-state index contributed by atoms with van der Waals surface area (Å²) in [5, 5.41) is 3.41. The number of dihydropyridines is 1. The molecule has 1 heterocycles. The minimum Gasteiger partial charge on any atom is -0.493 e. The van der Waals surface area contributed by atoms with Crippen LogP contribution in [0.25, 0.3) is 0 Å². The number of benzene rings is 3. The first kappa shape index (κ1) is 29.9. The SMILES string of the molecule is COCCOC(=O)C1=C(C)NC2=C(C(=O)CC(c3ccc(OC)c(OC)c3)C2)C1c1ccccc1OCc1ccccc1. The van der Waals surface area contributed by atoms with Crippen LogP contribution in [0.2, 0.25) is 0 Å². The van der Waals surface area contributed by atoms with E-state index in [1.54, 1.807) is 21.3 Å². The molecule has 0 amide bonds. The van der Waals surface area contributed by atoms with Crippen LogP contribution in [0.1, 0.15) is 48.3 Å². The third-order valence-corrected chi connectivity index (χ3v) is 7.91. The Balaban J connectivity index is 1.55. The van der Waals surface area contributed by atoms with E-state index in [2.05, 4.69) is 5.32 Å². The van der Waals surface area contributed by atoms with Crippen LogP contribution in [0.15, 0.2) is 95.3 Å². The van der Waals surface area contributed by atoms with Crippen LogP contribution in [0.3, 0.4) is 0 Å². The van der Waals surface area contributed by atoms with E-state index in [1.807, 2.05) is 79.7 Å². The summed E-state index contributed by atoms with van der Waals surface area (Å²) in [6.07, 6.45) is 0.869. The van der Waals surface area contributed by atoms with Gasteiger partial charge in [-0.25, -0.2) is 4.79 Å². The number of carbonyl (C=O) groups excluding carboxylic acids is 2. The topological polar surface area (TPSA) is 92.3 Å². The number of esters is 1. The van der Waals surface area contributed by atoms with Gasteiger partial charge in [-0.2, -0.15) is 0 Å². The lowest BCUT2D eigenvalue weighted by Gasteiger charge is -2.37. The van der Waals surface area contributed by atoms with Gasteiger partial charge in [0.05, 0.1) is 32.3 Å². The number of Topliss-reactive ketones (excluding diaryl/α,β-unsaturated/α-hetero) is 1. The summed E-state index contributed by atoms with van der Waals surface area (Å²) in [7, 11) is 4.75. The van der Waals surface area contributed by atoms with Crippen molar-refractivity contribution in [2.45, 2.75) is 38.2 Å². The second-order valence-corrected chi connectivity index (χ2v) is 10.6. The fourth-order valence-corrected chi connectivity index (χ4v) is 5.84. The van der Waals surface area contributed by atoms with E-state index >= 15 is 0 Å². The van der Waals surface area contributed by atoms with Crippen molar-refractivity contribution in [3.8, 4) is 17.2 Å². The molecule has 5 rings (SSSR count). The lowest BCUT2D eigenvalue weighted by Crippen LogP contribution is -2.36. The van der Waals surface area contributed by atoms with Crippen LogP contribution in [-0.4, -0.2) is 46.3 Å². The lowest BCUT2D eigenvalue weighted by atomic mass is 9.71. The molecule has 43 heavy (non-hydrogen) atoms. The Morgan fingerprint density at radius 1 is 0.860 bits per heavy atom. The van der Waals surface area contributed by atoms with E-state index in [1.165, 1.54) is 0 Å². The quantitative estimate of drug-likeness (QED) is 0.223. The van der Waals surface area contributed by atoms with Crippen LogP contribution in [-0.2, 0) is 25.7 Å². The Morgan fingerprint density at radius 3 is 2.35 bits per heavy atom. The number of rotatable bonds is 11. The average Bonchev–Trinajstić information content (AvgIpc) is 3.03. The van der Waals surface area contributed by atoms with Gasteiger partial charge >= 0.3 is 5.97 Å². The third kappa shape index (κ3) is 6.44. The van der Waals surface area contributed by atoms with Gasteiger partial charge in [-0.3, -0.25) is 4.79 Å². The number of nitrogens with one attached hydrogen (secondary N) is 1. The predicted octanol–water partition coefficient (Wildman–Crippen LogP) is 5.83. The van der Waals surface area contributed by atoms with Gasteiger partial charge in [-0.15, -0.1) is 0 Å². The number of ether oxygens (including phenoxy) is 5. The van der Waals surface area contributed by atoms with Crippen molar-refractivity contribution in [3.63, 3.8) is 0 Å². The van der Waals surface area contributed by atoms with Gasteiger partial charge in [-0.1, -0.05) is 54.6 Å². The molecule has 3 aromatic carbocycles. The van der Waals surface area contributed by atoms with Crippen molar-refractivity contribution in [1.29, 1.82) is 0 Å². The molecule has 0 bridgehead atoms. The Hall–Kier alpha value is -4.56. The molecule has 2 aliphatic rings. The highest BCUT2D eigenvalue weighted by Crippen LogP contribution is 2.48. The Labute approximate surface area is 252 Å². The van der Waals surface area contributed by atoms with E-state index in [0.717, 1.165) is 22.4 Å². The number of para-hydroxylation sites is 1. The number of methoxy groups -OCH3 is 3. The number of hydrogen-bond acceptors (Lipinski definition) is 8. The number of ketones is 1. The lowest BCUT2D eigenvalue weighted by molar-refractivity contribution is -0.140. The Morgan fingerprint density at radius 2 is 1.60 bits per heavy atom. The first-order chi connectivity index (χ1) is 20.9. The van der Waals surface area contributed by atoms with E-state index < -0.39 is 11.9 Å². The van der Waals surface area contributed by atoms with Crippen molar-refractivity contribution < 1.29 is 33.3 Å². The molecule has 0 saturated heterocycles. The first-order valence-corrected chi connectivity index (χ1v) is 14.3. The molecule has 224 valence electrons. The third-order valence-electron chi connectivity index (χ3n) is 7.91. The van der Waals surface area contributed by atoms with Crippen molar-refractivity contribution in [3.05, 3.63) is 112 Å². The largest absolute Gasteiger partial charge is 0.493 e. The van der Waals surface area contributed by atoms with E-state index in [9.17, 15) is 9.59 Å². The molecule has 8 heteroatoms. The molecule has 8 nitrogen and oxygen atoms in total. The second-order valence-electron chi connectivity index (χ2n) is 10.6. The first-order valence-electron chi connectivity index (χ1n) is 14.3. The average molecular weight is 584 g/mol. The van der Waals surface area contributed by atoms with E-state index in [0.29, 0.717) is 47.1 Å². The van der Waals surface area contributed by atoms with Gasteiger partial charge in [-0.05, 0) is 48.6 Å². The van der Waals surface area contributed by atoms with Crippen molar-refractivity contribution >= 4 is 11.8 Å². The summed E-state index contributed by atoms with van der Waals surface area (Å²) in [4.78, 5) is 27.7. The zero-order valence-corrected chi connectivity index (χ0v) is 25.0. The van der Waals surface area contributed by atoms with Crippen LogP contribution >= 0.6 is 0 Å². The summed E-state index contributed by atoms with van der Waals surface area (Å²) in [5.41, 5.74) is 5.13. The van der Waals surface area contributed by atoms with E-state index in [4.69, 9.17) is 23.7 Å². The minimum atomic E-state index is -0.655. The standard InChI is InChI=1S/C35H37NO7/c1-22-32(35(38)42-17-16-39-2)33(26-12-8-9-13-29(26)43-21-23-10-6-5-7-11-23)34-27(36-22)18-25(19-28(34)37)24-14-15-30(40-3)31(20-24)41-4/h5-15,20,25,33,36H,16-19,21H2,1-4H3. The number of carbonyl (C=O) groups is 2. The molecule has 1 aliphatic carbocycles. The molecule has 2 atom stereocenters.